The molecule has 3 atom stereocenters. The smallest absolute Gasteiger partial charge is 0.0975 e. The van der Waals surface area contributed by atoms with Gasteiger partial charge in [0.2, 0.25) is 0 Å². The predicted octanol–water partition coefficient (Wildman–Crippen LogP) is 1.96. The molecule has 0 radical (unpaired) electrons. The highest BCUT2D eigenvalue weighted by molar-refractivity contribution is 4.81. The number of hydrogen-bond donors (Lipinski definition) is 1. The van der Waals surface area contributed by atoms with Gasteiger partial charge in [-0.2, -0.15) is 0 Å². The van der Waals surface area contributed by atoms with Crippen LogP contribution in [0, 0.1) is 5.92 Å². The van der Waals surface area contributed by atoms with Crippen molar-refractivity contribution in [3.63, 3.8) is 0 Å². The molecule has 0 amide bonds. The van der Waals surface area contributed by atoms with E-state index in [4.69, 9.17) is 0 Å². The van der Waals surface area contributed by atoms with Gasteiger partial charge < -0.3 is 9.59 Å². The highest BCUT2D eigenvalue weighted by Crippen LogP contribution is 2.29. The van der Waals surface area contributed by atoms with Gasteiger partial charge in [-0.3, -0.25) is 0 Å². The van der Waals surface area contributed by atoms with E-state index in [-0.39, 0.29) is 6.10 Å². The first kappa shape index (κ1) is 12.5. The number of hydrogen-bond acceptors (Lipinski definition) is 1. The molecule has 0 aromatic rings. The van der Waals surface area contributed by atoms with Gasteiger partial charge in [-0.05, 0) is 19.1 Å². The third kappa shape index (κ3) is 2.50. The highest BCUT2D eigenvalue weighted by Gasteiger charge is 2.41. The lowest BCUT2D eigenvalue weighted by atomic mass is 9.89. The van der Waals surface area contributed by atoms with Crippen molar-refractivity contribution in [1.82, 2.24) is 0 Å². The Labute approximate surface area is 93.5 Å². The van der Waals surface area contributed by atoms with Crippen LogP contribution in [-0.4, -0.2) is 41.4 Å². The first-order valence-electron chi connectivity index (χ1n) is 5.81. The number of aliphatic hydroxyl groups excluding tert-OH is 1. The van der Waals surface area contributed by atoms with Crippen LogP contribution in [0.1, 0.15) is 20.3 Å². The van der Waals surface area contributed by atoms with Gasteiger partial charge in [-0.1, -0.05) is 20.1 Å². The number of nitrogens with zero attached hydrogens (tertiary/aromatic N) is 1. The maximum Gasteiger partial charge on any atom is 0.0975 e. The average Bonchev–Trinajstić information content (AvgIpc) is 2.16. The minimum atomic E-state index is -0.138. The summed E-state index contributed by atoms with van der Waals surface area (Å²) < 4.78 is 1.01. The van der Waals surface area contributed by atoms with Gasteiger partial charge in [-0.25, -0.2) is 0 Å². The van der Waals surface area contributed by atoms with Gasteiger partial charge in [0.05, 0.1) is 31.8 Å². The van der Waals surface area contributed by atoms with E-state index in [9.17, 15) is 5.11 Å². The van der Waals surface area contributed by atoms with Crippen molar-refractivity contribution in [3.05, 3.63) is 25.3 Å². The molecular weight excluding hydrogens is 186 g/mol. The monoisotopic (exact) mass is 210 g/mol. The zero-order valence-corrected chi connectivity index (χ0v) is 10.0. The Morgan fingerprint density at radius 3 is 2.27 bits per heavy atom. The number of piperidine rings is 1. The Morgan fingerprint density at radius 2 is 1.80 bits per heavy atom. The summed E-state index contributed by atoms with van der Waals surface area (Å²) >= 11 is 0. The summed E-state index contributed by atoms with van der Waals surface area (Å²) in [5, 5.41) is 9.86. The first-order chi connectivity index (χ1) is 7.05. The SMILES string of the molecule is C=CC[N+]1(CC=C)C[C@H](C)[C@H](O)C[C@@H]1C. The van der Waals surface area contributed by atoms with E-state index < -0.39 is 0 Å². The molecule has 2 nitrogen and oxygen atoms in total. The Hall–Kier alpha value is -0.600. The van der Waals surface area contributed by atoms with Crippen molar-refractivity contribution < 1.29 is 9.59 Å². The third-order valence-corrected chi connectivity index (χ3v) is 3.81. The second kappa shape index (κ2) is 4.95. The summed E-state index contributed by atoms with van der Waals surface area (Å²) in [6, 6.07) is 0.493. The zero-order valence-electron chi connectivity index (χ0n) is 10.0. The average molecular weight is 210 g/mol. The number of rotatable bonds is 4. The normalized spacial score (nSPS) is 34.7. The fraction of sp³-hybridized carbons (Fsp3) is 0.692. The third-order valence-electron chi connectivity index (χ3n) is 3.81. The number of likely N-dealkylation sites (tertiary alicyclic amines) is 1. The van der Waals surface area contributed by atoms with Gasteiger partial charge in [0.1, 0.15) is 0 Å². The van der Waals surface area contributed by atoms with Crippen LogP contribution in [0.3, 0.4) is 0 Å². The van der Waals surface area contributed by atoms with Crippen LogP contribution in [-0.2, 0) is 0 Å². The van der Waals surface area contributed by atoms with Gasteiger partial charge in [-0.15, -0.1) is 0 Å². The molecule has 1 N–H and O–H groups in total. The molecule has 1 fully saturated rings. The molecule has 0 aliphatic carbocycles. The van der Waals surface area contributed by atoms with E-state index in [1.165, 1.54) is 0 Å². The molecule has 0 aromatic carbocycles. The van der Waals surface area contributed by atoms with Crippen LogP contribution in [0.15, 0.2) is 25.3 Å². The molecule has 0 saturated carbocycles. The molecule has 0 unspecified atom stereocenters. The van der Waals surface area contributed by atoms with E-state index in [1.54, 1.807) is 0 Å². The fourth-order valence-corrected chi connectivity index (χ4v) is 2.78. The predicted molar refractivity (Wildman–Crippen MR) is 64.5 cm³/mol. The van der Waals surface area contributed by atoms with Crippen molar-refractivity contribution in [3.8, 4) is 0 Å². The van der Waals surface area contributed by atoms with Crippen LogP contribution < -0.4 is 0 Å². The van der Waals surface area contributed by atoms with E-state index >= 15 is 0 Å². The fourth-order valence-electron chi connectivity index (χ4n) is 2.78. The Morgan fingerprint density at radius 1 is 1.27 bits per heavy atom. The topological polar surface area (TPSA) is 20.2 Å². The van der Waals surface area contributed by atoms with Crippen molar-refractivity contribution in [2.75, 3.05) is 19.6 Å². The lowest BCUT2D eigenvalue weighted by molar-refractivity contribution is -0.948. The molecule has 0 aromatic heterocycles. The van der Waals surface area contributed by atoms with E-state index in [2.05, 4.69) is 27.0 Å². The van der Waals surface area contributed by atoms with Crippen molar-refractivity contribution in [2.45, 2.75) is 32.4 Å². The van der Waals surface area contributed by atoms with Gasteiger partial charge in [0, 0.05) is 12.3 Å². The molecule has 1 rings (SSSR count). The number of aliphatic hydroxyl groups is 1. The van der Waals surface area contributed by atoms with E-state index in [1.807, 2.05) is 12.2 Å². The van der Waals surface area contributed by atoms with Crippen LogP contribution >= 0.6 is 0 Å². The largest absolute Gasteiger partial charge is 0.392 e. The molecule has 1 saturated heterocycles. The van der Waals surface area contributed by atoms with E-state index in [0.29, 0.717) is 12.0 Å². The summed E-state index contributed by atoms with van der Waals surface area (Å²) in [5.41, 5.74) is 0. The molecule has 0 spiro atoms. The zero-order chi connectivity index (χ0) is 11.5. The van der Waals surface area contributed by atoms with Crippen LogP contribution in [0.4, 0.5) is 0 Å². The molecule has 0 bridgehead atoms. The van der Waals surface area contributed by atoms with Crippen molar-refractivity contribution >= 4 is 0 Å². The Bertz CT molecular complexity index is 227. The summed E-state index contributed by atoms with van der Waals surface area (Å²) in [7, 11) is 0. The van der Waals surface area contributed by atoms with Crippen LogP contribution in [0.2, 0.25) is 0 Å². The molecule has 1 aliphatic heterocycles. The van der Waals surface area contributed by atoms with Gasteiger partial charge in [0.25, 0.3) is 0 Å². The minimum Gasteiger partial charge on any atom is -0.392 e. The highest BCUT2D eigenvalue weighted by atomic mass is 16.3. The van der Waals surface area contributed by atoms with Gasteiger partial charge >= 0.3 is 0 Å². The standard InChI is InChI=1S/C13H24NO/c1-5-7-14(8-6-2)10-11(3)13(15)9-12(14)4/h5-6,11-13,15H,1-2,7-10H2,3-4H3/q+1/t11-,12-,13+/m0/s1. The Kier molecular flexibility index (Phi) is 4.12. The Balaban J connectivity index is 2.84. The second-order valence-electron chi connectivity index (χ2n) is 4.97. The van der Waals surface area contributed by atoms with Crippen molar-refractivity contribution in [1.29, 1.82) is 0 Å². The molecule has 1 aliphatic rings. The molecule has 1 heterocycles. The lowest BCUT2D eigenvalue weighted by Crippen LogP contribution is -2.62. The van der Waals surface area contributed by atoms with Crippen LogP contribution in [0.25, 0.3) is 0 Å². The molecule has 15 heavy (non-hydrogen) atoms. The first-order valence-corrected chi connectivity index (χ1v) is 5.81. The summed E-state index contributed by atoms with van der Waals surface area (Å²) in [5.74, 6) is 0.376. The van der Waals surface area contributed by atoms with Crippen LogP contribution in [0.5, 0.6) is 0 Å². The molecule has 86 valence electrons. The number of quaternary nitrogens is 1. The van der Waals surface area contributed by atoms with E-state index in [0.717, 1.165) is 30.5 Å². The minimum absolute atomic E-state index is 0.138. The summed E-state index contributed by atoms with van der Waals surface area (Å²) in [6.07, 6.45) is 4.73. The lowest BCUT2D eigenvalue weighted by Gasteiger charge is -2.49. The van der Waals surface area contributed by atoms with Gasteiger partial charge in [0.15, 0.2) is 0 Å². The summed E-state index contributed by atoms with van der Waals surface area (Å²) in [4.78, 5) is 0. The molecule has 2 heteroatoms. The quantitative estimate of drug-likeness (QED) is 0.555. The summed E-state index contributed by atoms with van der Waals surface area (Å²) in [6.45, 7) is 15.0. The van der Waals surface area contributed by atoms with Crippen molar-refractivity contribution in [2.24, 2.45) is 5.92 Å². The molecular formula is C13H24NO+. The maximum absolute atomic E-state index is 9.86. The second-order valence-corrected chi connectivity index (χ2v) is 4.97. The maximum atomic E-state index is 9.86.